The third-order valence-electron chi connectivity index (χ3n) is 5.03. The minimum atomic E-state index is -0.885. The number of benzene rings is 3. The minimum Gasteiger partial charge on any atom is -0.497 e. The summed E-state index contributed by atoms with van der Waals surface area (Å²) < 4.78 is 23.6. The predicted octanol–water partition coefficient (Wildman–Crippen LogP) is 2.50. The first kappa shape index (κ1) is 23.6. The lowest BCUT2D eigenvalue weighted by Gasteiger charge is -2.15. The van der Waals surface area contributed by atoms with Crippen molar-refractivity contribution in [2.75, 3.05) is 27.4 Å². The highest BCUT2D eigenvalue weighted by atomic mass is 16.5. The minimum absolute atomic E-state index is 0.186. The highest BCUT2D eigenvalue weighted by Crippen LogP contribution is 2.33. The zero-order valence-corrected chi connectivity index (χ0v) is 19.1. The van der Waals surface area contributed by atoms with Crippen LogP contribution in [0.5, 0.6) is 23.0 Å². The average molecular weight is 477 g/mol. The van der Waals surface area contributed by atoms with Crippen LogP contribution < -0.4 is 31.3 Å². The van der Waals surface area contributed by atoms with E-state index in [-0.39, 0.29) is 23.7 Å². The summed E-state index contributed by atoms with van der Waals surface area (Å²) in [4.78, 5) is 40.7. The number of hydrogen-bond donors (Lipinski definition) is 1. The Bertz CT molecular complexity index is 1470. The predicted molar refractivity (Wildman–Crippen MR) is 129 cm³/mol. The Morgan fingerprint density at radius 3 is 2.03 bits per heavy atom. The van der Waals surface area contributed by atoms with Crippen molar-refractivity contribution >= 4 is 0 Å². The monoisotopic (exact) mass is 477 g/mol. The quantitative estimate of drug-likeness (QED) is 0.369. The van der Waals surface area contributed by atoms with Crippen LogP contribution in [-0.4, -0.2) is 41.6 Å². The molecule has 0 aliphatic heterocycles. The van der Waals surface area contributed by atoms with Gasteiger partial charge < -0.3 is 18.9 Å². The lowest BCUT2D eigenvalue weighted by atomic mass is 10.2. The number of ether oxygens (including phenoxy) is 4. The zero-order chi connectivity index (χ0) is 24.8. The number of H-pyrrole nitrogens is 1. The van der Waals surface area contributed by atoms with Crippen LogP contribution in [-0.2, 0) is 4.74 Å². The van der Waals surface area contributed by atoms with E-state index >= 15 is 0 Å². The molecule has 0 fully saturated rings. The van der Waals surface area contributed by atoms with Gasteiger partial charge in [-0.2, -0.15) is 0 Å². The number of para-hydroxylation sites is 1. The van der Waals surface area contributed by atoms with Crippen molar-refractivity contribution in [1.82, 2.24) is 14.1 Å². The molecule has 1 heterocycles. The van der Waals surface area contributed by atoms with E-state index in [1.54, 1.807) is 49.6 Å². The Morgan fingerprint density at radius 2 is 1.37 bits per heavy atom. The Morgan fingerprint density at radius 1 is 0.714 bits per heavy atom. The van der Waals surface area contributed by atoms with E-state index in [1.165, 1.54) is 19.2 Å². The van der Waals surface area contributed by atoms with Crippen LogP contribution in [0.2, 0.25) is 0 Å². The van der Waals surface area contributed by atoms with Crippen LogP contribution >= 0.6 is 0 Å². The van der Waals surface area contributed by atoms with E-state index in [4.69, 9.17) is 18.9 Å². The maximum Gasteiger partial charge on any atom is 0.345 e. The maximum absolute atomic E-state index is 13.3. The molecule has 0 unspecified atom stereocenters. The molecule has 0 amide bonds. The van der Waals surface area contributed by atoms with Crippen LogP contribution in [0.25, 0.3) is 11.4 Å². The van der Waals surface area contributed by atoms with Crippen molar-refractivity contribution in [2.45, 2.75) is 0 Å². The molecule has 0 aliphatic carbocycles. The van der Waals surface area contributed by atoms with Crippen LogP contribution in [0.15, 0.2) is 87.2 Å². The number of aromatic amines is 1. The number of methoxy groups -OCH3 is 2. The van der Waals surface area contributed by atoms with E-state index in [9.17, 15) is 14.4 Å². The summed E-state index contributed by atoms with van der Waals surface area (Å²) in [5.41, 5.74) is -2.13. The first-order valence-corrected chi connectivity index (χ1v) is 10.6. The van der Waals surface area contributed by atoms with E-state index < -0.39 is 17.1 Å². The number of hydrogen-bond acceptors (Lipinski definition) is 7. The van der Waals surface area contributed by atoms with Crippen LogP contribution in [0.3, 0.4) is 0 Å². The molecule has 0 saturated carbocycles. The van der Waals surface area contributed by atoms with Crippen LogP contribution in [0.1, 0.15) is 0 Å². The maximum atomic E-state index is 13.3. The van der Waals surface area contributed by atoms with Gasteiger partial charge in [0.25, 0.3) is 0 Å². The summed E-state index contributed by atoms with van der Waals surface area (Å²) in [5, 5.41) is 0. The van der Waals surface area contributed by atoms with Gasteiger partial charge in [-0.05, 0) is 48.5 Å². The zero-order valence-electron chi connectivity index (χ0n) is 19.1. The molecule has 3 aromatic carbocycles. The molecule has 180 valence electrons. The first-order chi connectivity index (χ1) is 17.0. The molecule has 0 spiro atoms. The molecule has 1 aromatic heterocycles. The van der Waals surface area contributed by atoms with E-state index in [0.717, 1.165) is 9.13 Å². The smallest absolute Gasteiger partial charge is 0.345 e. The molecular weight excluding hydrogens is 454 g/mol. The Balaban J connectivity index is 1.81. The second-order valence-corrected chi connectivity index (χ2v) is 7.27. The van der Waals surface area contributed by atoms with Gasteiger partial charge in [-0.15, -0.1) is 0 Å². The Hall–Kier alpha value is -4.57. The highest BCUT2D eigenvalue weighted by molar-refractivity contribution is 5.50. The van der Waals surface area contributed by atoms with Gasteiger partial charge in [-0.3, -0.25) is 4.98 Å². The van der Waals surface area contributed by atoms with Gasteiger partial charge in [0.05, 0.1) is 25.1 Å². The first-order valence-electron chi connectivity index (χ1n) is 10.6. The number of rotatable bonds is 9. The van der Waals surface area contributed by atoms with Gasteiger partial charge in [0.1, 0.15) is 18.1 Å². The van der Waals surface area contributed by atoms with Crippen molar-refractivity contribution in [2.24, 2.45) is 0 Å². The lowest BCUT2D eigenvalue weighted by molar-refractivity contribution is 0.144. The topological polar surface area (TPSA) is 114 Å². The fourth-order valence-corrected chi connectivity index (χ4v) is 3.35. The second kappa shape index (κ2) is 10.6. The Kier molecular flexibility index (Phi) is 7.12. The third-order valence-corrected chi connectivity index (χ3v) is 5.03. The molecule has 0 aliphatic rings. The van der Waals surface area contributed by atoms with Gasteiger partial charge in [-0.1, -0.05) is 18.2 Å². The molecule has 4 aromatic rings. The lowest BCUT2D eigenvalue weighted by Crippen LogP contribution is -2.48. The fraction of sp³-hybridized carbons (Fsp3) is 0.160. The van der Waals surface area contributed by atoms with E-state index in [2.05, 4.69) is 4.98 Å². The molecule has 10 nitrogen and oxygen atoms in total. The van der Waals surface area contributed by atoms with Crippen molar-refractivity contribution < 1.29 is 18.9 Å². The summed E-state index contributed by atoms with van der Waals surface area (Å²) in [6, 6.07) is 20.0. The van der Waals surface area contributed by atoms with Gasteiger partial charge in [-0.25, -0.2) is 23.5 Å². The normalized spacial score (nSPS) is 10.7. The Labute approximate surface area is 199 Å². The van der Waals surface area contributed by atoms with Gasteiger partial charge in [0.2, 0.25) is 0 Å². The number of nitrogens with zero attached hydrogens (tertiary/aromatic N) is 2. The van der Waals surface area contributed by atoms with Crippen molar-refractivity contribution in [3.63, 3.8) is 0 Å². The summed E-state index contributed by atoms with van der Waals surface area (Å²) in [5.74, 6) is 1.80. The van der Waals surface area contributed by atoms with Crippen molar-refractivity contribution in [3.05, 3.63) is 104 Å². The second-order valence-electron chi connectivity index (χ2n) is 7.27. The summed E-state index contributed by atoms with van der Waals surface area (Å²) in [6.07, 6.45) is 0. The molecule has 0 radical (unpaired) electrons. The third kappa shape index (κ3) is 5.17. The average Bonchev–Trinajstić information content (AvgIpc) is 2.86. The van der Waals surface area contributed by atoms with E-state index in [1.807, 2.05) is 18.2 Å². The molecule has 0 saturated heterocycles. The van der Waals surface area contributed by atoms with Gasteiger partial charge in [0.15, 0.2) is 11.5 Å². The summed E-state index contributed by atoms with van der Waals surface area (Å²) in [6.45, 7) is 0.527. The largest absolute Gasteiger partial charge is 0.497 e. The number of aromatic nitrogens is 3. The molecule has 35 heavy (non-hydrogen) atoms. The molecule has 1 N–H and O–H groups in total. The van der Waals surface area contributed by atoms with Crippen LogP contribution in [0.4, 0.5) is 0 Å². The van der Waals surface area contributed by atoms with Crippen molar-refractivity contribution in [3.8, 4) is 34.4 Å². The SMILES string of the molecule is COCCOc1cc(-n2c(=O)[nH]c(=O)n(-c3ccc(OC)cc3)c2=O)ccc1Oc1ccccc1. The molecular formula is C25H23N3O7. The standard InChI is InChI=1S/C25H23N3O7/c1-32-14-15-34-22-16-18(10-13-21(22)35-20-6-4-3-5-7-20)28-24(30)26-23(29)27(25(28)31)17-8-11-19(33-2)12-9-17/h3-13,16H,14-15H2,1-2H3,(H,26,29,30). The highest BCUT2D eigenvalue weighted by Gasteiger charge is 2.16. The van der Waals surface area contributed by atoms with Gasteiger partial charge in [0, 0.05) is 13.2 Å². The van der Waals surface area contributed by atoms with Crippen LogP contribution in [0, 0.1) is 0 Å². The van der Waals surface area contributed by atoms with E-state index in [0.29, 0.717) is 23.9 Å². The van der Waals surface area contributed by atoms with Crippen molar-refractivity contribution in [1.29, 1.82) is 0 Å². The molecule has 0 bridgehead atoms. The summed E-state index contributed by atoms with van der Waals surface area (Å²) >= 11 is 0. The van der Waals surface area contributed by atoms with Gasteiger partial charge >= 0.3 is 17.1 Å². The molecule has 4 rings (SSSR count). The fourth-order valence-electron chi connectivity index (χ4n) is 3.35. The molecule has 0 atom stereocenters. The summed E-state index contributed by atoms with van der Waals surface area (Å²) in [7, 11) is 3.05. The molecule has 10 heteroatoms. The number of nitrogens with one attached hydrogen (secondary N) is 1.